The maximum Gasteiger partial charge on any atom is 0.257 e. The fourth-order valence-electron chi connectivity index (χ4n) is 1.83. The van der Waals surface area contributed by atoms with Gasteiger partial charge in [0.15, 0.2) is 0 Å². The maximum atomic E-state index is 13.6. The minimum absolute atomic E-state index is 0.00270. The number of ether oxygens (including phenoxy) is 1. The van der Waals surface area contributed by atoms with Crippen molar-refractivity contribution >= 4 is 21.8 Å². The van der Waals surface area contributed by atoms with E-state index in [-0.39, 0.29) is 17.6 Å². The topological polar surface area (TPSA) is 29.5 Å². The maximum absolute atomic E-state index is 13.6. The van der Waals surface area contributed by atoms with Crippen molar-refractivity contribution < 1.29 is 13.9 Å². The molecular weight excluding hydrogens is 289 g/mol. The van der Waals surface area contributed by atoms with Crippen molar-refractivity contribution in [3.8, 4) is 0 Å². The predicted octanol–water partition coefficient (Wildman–Crippen LogP) is 2.45. The Morgan fingerprint density at radius 1 is 1.59 bits per heavy atom. The lowest BCUT2D eigenvalue weighted by Crippen LogP contribution is -2.44. The van der Waals surface area contributed by atoms with Crippen molar-refractivity contribution in [1.29, 1.82) is 0 Å². The molecule has 0 aliphatic carbocycles. The standard InChI is InChI=1S/C12H13BrFNO2/c1-8-7-15(4-5-17-8)12(16)10-6-9(13)2-3-11(10)14/h2-3,6,8H,4-5,7H2,1H3/t8-/m1/s1. The summed E-state index contributed by atoms with van der Waals surface area (Å²) in [5.74, 6) is -0.767. The van der Waals surface area contributed by atoms with Gasteiger partial charge >= 0.3 is 0 Å². The average Bonchev–Trinajstić information content (AvgIpc) is 2.31. The van der Waals surface area contributed by atoms with Gasteiger partial charge in [-0.05, 0) is 25.1 Å². The third-order valence-corrected chi connectivity index (χ3v) is 3.18. The van der Waals surface area contributed by atoms with E-state index in [0.29, 0.717) is 24.2 Å². The van der Waals surface area contributed by atoms with Crippen LogP contribution in [0, 0.1) is 5.82 Å². The lowest BCUT2D eigenvalue weighted by atomic mass is 10.1. The zero-order valence-electron chi connectivity index (χ0n) is 9.45. The molecule has 0 bridgehead atoms. The first-order chi connectivity index (χ1) is 8.08. The van der Waals surface area contributed by atoms with Crippen molar-refractivity contribution in [3.63, 3.8) is 0 Å². The van der Waals surface area contributed by atoms with Gasteiger partial charge in [0.2, 0.25) is 0 Å². The first-order valence-corrected chi connectivity index (χ1v) is 6.23. The van der Waals surface area contributed by atoms with Crippen LogP contribution in [0.1, 0.15) is 17.3 Å². The van der Waals surface area contributed by atoms with Crippen LogP contribution in [0.15, 0.2) is 22.7 Å². The van der Waals surface area contributed by atoms with Gasteiger partial charge in [0, 0.05) is 17.6 Å². The number of hydrogen-bond donors (Lipinski definition) is 0. The van der Waals surface area contributed by atoms with Gasteiger partial charge in [0.1, 0.15) is 5.82 Å². The highest BCUT2D eigenvalue weighted by Crippen LogP contribution is 2.18. The lowest BCUT2D eigenvalue weighted by Gasteiger charge is -2.31. The molecule has 1 fully saturated rings. The van der Waals surface area contributed by atoms with Crippen LogP contribution in [0.5, 0.6) is 0 Å². The molecule has 0 N–H and O–H groups in total. The molecule has 0 unspecified atom stereocenters. The fraction of sp³-hybridized carbons (Fsp3) is 0.417. The molecule has 3 nitrogen and oxygen atoms in total. The number of carbonyl (C=O) groups is 1. The molecule has 17 heavy (non-hydrogen) atoms. The molecule has 1 amide bonds. The number of carbonyl (C=O) groups excluding carboxylic acids is 1. The summed E-state index contributed by atoms with van der Waals surface area (Å²) >= 11 is 3.24. The molecule has 1 aromatic rings. The van der Waals surface area contributed by atoms with Gasteiger partial charge in [-0.2, -0.15) is 0 Å². The highest BCUT2D eigenvalue weighted by molar-refractivity contribution is 9.10. The Balaban J connectivity index is 2.21. The molecular formula is C12H13BrFNO2. The van der Waals surface area contributed by atoms with Crippen molar-refractivity contribution in [2.75, 3.05) is 19.7 Å². The van der Waals surface area contributed by atoms with Crippen molar-refractivity contribution in [2.45, 2.75) is 13.0 Å². The molecule has 1 heterocycles. The second-order valence-electron chi connectivity index (χ2n) is 4.06. The molecule has 1 aromatic carbocycles. The molecule has 1 aliphatic heterocycles. The van der Waals surface area contributed by atoms with E-state index in [9.17, 15) is 9.18 Å². The Bertz CT molecular complexity index is 439. The van der Waals surface area contributed by atoms with Crippen LogP contribution in [-0.4, -0.2) is 36.6 Å². The second kappa shape index (κ2) is 5.14. The van der Waals surface area contributed by atoms with Gasteiger partial charge in [0.05, 0.1) is 18.3 Å². The highest BCUT2D eigenvalue weighted by Gasteiger charge is 2.24. The van der Waals surface area contributed by atoms with Crippen LogP contribution in [-0.2, 0) is 4.74 Å². The van der Waals surface area contributed by atoms with E-state index >= 15 is 0 Å². The van der Waals surface area contributed by atoms with Gasteiger partial charge in [-0.1, -0.05) is 15.9 Å². The largest absolute Gasteiger partial charge is 0.375 e. The van der Waals surface area contributed by atoms with Gasteiger partial charge in [-0.15, -0.1) is 0 Å². The monoisotopic (exact) mass is 301 g/mol. The Hall–Kier alpha value is -0.940. The molecule has 0 spiro atoms. The number of halogens is 2. The molecule has 2 rings (SSSR count). The minimum atomic E-state index is -0.489. The molecule has 1 saturated heterocycles. The number of rotatable bonds is 1. The molecule has 0 saturated carbocycles. The smallest absolute Gasteiger partial charge is 0.257 e. The minimum Gasteiger partial charge on any atom is -0.375 e. The predicted molar refractivity (Wildman–Crippen MR) is 65.4 cm³/mol. The third-order valence-electron chi connectivity index (χ3n) is 2.69. The first kappa shape index (κ1) is 12.5. The molecule has 1 atom stereocenters. The van der Waals surface area contributed by atoms with E-state index in [4.69, 9.17) is 4.74 Å². The SMILES string of the molecule is C[C@@H]1CN(C(=O)c2cc(Br)ccc2F)CCO1. The molecule has 0 radical (unpaired) electrons. The number of amides is 1. The summed E-state index contributed by atoms with van der Waals surface area (Å²) in [7, 11) is 0. The summed E-state index contributed by atoms with van der Waals surface area (Å²) in [6.07, 6.45) is 0.00270. The van der Waals surface area contributed by atoms with Crippen LogP contribution in [0.2, 0.25) is 0 Å². The van der Waals surface area contributed by atoms with Crippen LogP contribution < -0.4 is 0 Å². The Labute approximate surface area is 108 Å². The summed E-state index contributed by atoms with van der Waals surface area (Å²) in [4.78, 5) is 13.8. The van der Waals surface area contributed by atoms with Gasteiger partial charge in [-0.25, -0.2) is 4.39 Å². The molecule has 92 valence electrons. The number of morpholine rings is 1. The highest BCUT2D eigenvalue weighted by atomic mass is 79.9. The van der Waals surface area contributed by atoms with Crippen molar-refractivity contribution in [1.82, 2.24) is 4.90 Å². The van der Waals surface area contributed by atoms with Crippen LogP contribution >= 0.6 is 15.9 Å². The summed E-state index contributed by atoms with van der Waals surface area (Å²) < 4.78 is 19.6. The first-order valence-electron chi connectivity index (χ1n) is 5.44. The number of hydrogen-bond acceptors (Lipinski definition) is 2. The van der Waals surface area contributed by atoms with Crippen LogP contribution in [0.4, 0.5) is 4.39 Å². The zero-order chi connectivity index (χ0) is 12.4. The third kappa shape index (κ3) is 2.84. The molecule has 1 aliphatic rings. The van der Waals surface area contributed by atoms with Crippen LogP contribution in [0.25, 0.3) is 0 Å². The molecule has 0 aromatic heterocycles. The van der Waals surface area contributed by atoms with E-state index in [1.165, 1.54) is 12.1 Å². The van der Waals surface area contributed by atoms with E-state index < -0.39 is 5.82 Å². The van der Waals surface area contributed by atoms with Crippen molar-refractivity contribution in [3.05, 3.63) is 34.1 Å². The summed E-state index contributed by atoms with van der Waals surface area (Å²) in [5.41, 5.74) is 0.105. The fourth-order valence-corrected chi connectivity index (χ4v) is 2.20. The summed E-state index contributed by atoms with van der Waals surface area (Å²) in [6.45, 7) is 3.42. The van der Waals surface area contributed by atoms with E-state index in [1.54, 1.807) is 11.0 Å². The Kier molecular flexibility index (Phi) is 3.79. The number of benzene rings is 1. The summed E-state index contributed by atoms with van der Waals surface area (Å²) in [6, 6.07) is 4.38. The Morgan fingerprint density at radius 3 is 3.06 bits per heavy atom. The Morgan fingerprint density at radius 2 is 2.35 bits per heavy atom. The molecule has 5 heteroatoms. The van der Waals surface area contributed by atoms with Gasteiger partial charge in [0.25, 0.3) is 5.91 Å². The van der Waals surface area contributed by atoms with Crippen LogP contribution in [0.3, 0.4) is 0 Å². The number of nitrogens with zero attached hydrogens (tertiary/aromatic N) is 1. The van der Waals surface area contributed by atoms with Gasteiger partial charge in [-0.3, -0.25) is 4.79 Å². The van der Waals surface area contributed by atoms with Crippen molar-refractivity contribution in [2.24, 2.45) is 0 Å². The van der Waals surface area contributed by atoms with E-state index in [2.05, 4.69) is 15.9 Å². The zero-order valence-corrected chi connectivity index (χ0v) is 11.0. The average molecular weight is 302 g/mol. The normalized spacial score (nSPS) is 20.4. The van der Waals surface area contributed by atoms with E-state index in [0.717, 1.165) is 0 Å². The van der Waals surface area contributed by atoms with Gasteiger partial charge < -0.3 is 9.64 Å². The summed E-state index contributed by atoms with van der Waals surface area (Å²) in [5, 5.41) is 0. The van der Waals surface area contributed by atoms with E-state index in [1.807, 2.05) is 6.92 Å². The lowest BCUT2D eigenvalue weighted by molar-refractivity contribution is -0.0125. The second-order valence-corrected chi connectivity index (χ2v) is 4.97. The quantitative estimate of drug-likeness (QED) is 0.797.